The Hall–Kier alpha value is -3.56. The van der Waals surface area contributed by atoms with Gasteiger partial charge in [0, 0.05) is 7.05 Å². The molecule has 0 aromatic heterocycles. The molecule has 1 amide bonds. The van der Waals surface area contributed by atoms with Gasteiger partial charge < -0.3 is 14.6 Å². The van der Waals surface area contributed by atoms with Crippen molar-refractivity contribution < 1.29 is 24.2 Å². The fourth-order valence-electron chi connectivity index (χ4n) is 3.40. The number of carbonyl (C=O) groups is 2. The molecule has 4 rings (SSSR count). The van der Waals surface area contributed by atoms with E-state index in [1.54, 1.807) is 25.3 Å². The Morgan fingerprint density at radius 1 is 1.11 bits per heavy atom. The monoisotopic (exact) mass is 566 g/mol. The molecule has 0 aliphatic carbocycles. The number of aromatic carboxylic acids is 1. The Balaban J connectivity index is 1.57. The lowest BCUT2D eigenvalue weighted by atomic mass is 10.1. The van der Waals surface area contributed by atoms with Gasteiger partial charge in [-0.25, -0.2) is 9.79 Å². The fraction of sp³-hybridized carbons (Fsp3) is 0.148. The highest BCUT2D eigenvalue weighted by Gasteiger charge is 2.30. The third-order valence-electron chi connectivity index (χ3n) is 5.20. The molecule has 1 heterocycles. The van der Waals surface area contributed by atoms with E-state index < -0.39 is 5.97 Å². The molecule has 1 aliphatic heterocycles. The Labute approximate surface area is 221 Å². The molecule has 3 aromatic rings. The van der Waals surface area contributed by atoms with E-state index in [0.29, 0.717) is 44.9 Å². The molecular formula is C27H23BrN2O5S. The second-order valence-electron chi connectivity index (χ2n) is 7.76. The second kappa shape index (κ2) is 11.5. The lowest BCUT2D eigenvalue weighted by molar-refractivity contribution is -0.121. The number of halogens is 1. The SMILES string of the molecule is CCOc1cc(C=C2SC(=Nc3ccc(C(=O)O)cc3)N(C)C2=O)cc(Br)c1OCc1ccccc1. The van der Waals surface area contributed by atoms with Crippen LogP contribution in [0.1, 0.15) is 28.4 Å². The molecule has 3 aromatic carbocycles. The van der Waals surface area contributed by atoms with Crippen LogP contribution in [0, 0.1) is 0 Å². The molecule has 0 spiro atoms. The van der Waals surface area contributed by atoms with Crippen LogP contribution in [-0.4, -0.2) is 40.7 Å². The van der Waals surface area contributed by atoms with Gasteiger partial charge in [-0.3, -0.25) is 9.69 Å². The van der Waals surface area contributed by atoms with Crippen LogP contribution in [0.3, 0.4) is 0 Å². The minimum Gasteiger partial charge on any atom is -0.490 e. The van der Waals surface area contributed by atoms with E-state index in [-0.39, 0.29) is 11.5 Å². The van der Waals surface area contributed by atoms with Crippen molar-refractivity contribution >= 4 is 56.5 Å². The van der Waals surface area contributed by atoms with E-state index in [9.17, 15) is 9.59 Å². The zero-order chi connectivity index (χ0) is 25.7. The number of hydrogen-bond donors (Lipinski definition) is 1. The topological polar surface area (TPSA) is 88.4 Å². The first-order valence-electron chi connectivity index (χ1n) is 11.1. The summed E-state index contributed by atoms with van der Waals surface area (Å²) < 4.78 is 12.6. The number of likely N-dealkylation sites (N-methyl/N-ethyl adjacent to an activating group) is 1. The molecule has 0 bridgehead atoms. The van der Waals surface area contributed by atoms with E-state index in [0.717, 1.165) is 11.1 Å². The predicted octanol–water partition coefficient (Wildman–Crippen LogP) is 6.36. The van der Waals surface area contributed by atoms with E-state index >= 15 is 0 Å². The Morgan fingerprint density at radius 2 is 1.83 bits per heavy atom. The van der Waals surface area contributed by atoms with Crippen molar-refractivity contribution in [2.24, 2.45) is 4.99 Å². The van der Waals surface area contributed by atoms with Gasteiger partial charge in [0.2, 0.25) is 0 Å². The van der Waals surface area contributed by atoms with Gasteiger partial charge in [0.25, 0.3) is 5.91 Å². The predicted molar refractivity (Wildman–Crippen MR) is 145 cm³/mol. The molecule has 1 fully saturated rings. The summed E-state index contributed by atoms with van der Waals surface area (Å²) in [6.07, 6.45) is 1.79. The van der Waals surface area contributed by atoms with E-state index in [4.69, 9.17) is 14.6 Å². The molecule has 7 nitrogen and oxygen atoms in total. The summed E-state index contributed by atoms with van der Waals surface area (Å²) in [5.41, 5.74) is 2.55. The van der Waals surface area contributed by atoms with Crippen LogP contribution in [0.4, 0.5) is 5.69 Å². The number of nitrogens with zero attached hydrogens (tertiary/aromatic N) is 2. The summed E-state index contributed by atoms with van der Waals surface area (Å²) in [4.78, 5) is 30.4. The smallest absolute Gasteiger partial charge is 0.335 e. The van der Waals surface area contributed by atoms with Crippen LogP contribution >= 0.6 is 27.7 Å². The highest BCUT2D eigenvalue weighted by Crippen LogP contribution is 2.40. The Bertz CT molecular complexity index is 1340. The van der Waals surface area contributed by atoms with Crippen molar-refractivity contribution in [1.29, 1.82) is 0 Å². The third-order valence-corrected chi connectivity index (χ3v) is 6.85. The first-order valence-corrected chi connectivity index (χ1v) is 12.7. The molecule has 1 aliphatic rings. The molecule has 1 N–H and O–H groups in total. The van der Waals surface area contributed by atoms with Gasteiger partial charge in [-0.05, 0) is 88.2 Å². The summed E-state index contributed by atoms with van der Waals surface area (Å²) >= 11 is 4.84. The second-order valence-corrected chi connectivity index (χ2v) is 9.62. The summed E-state index contributed by atoms with van der Waals surface area (Å²) in [5.74, 6) is -0.0151. The van der Waals surface area contributed by atoms with Gasteiger partial charge in [-0.1, -0.05) is 30.3 Å². The first kappa shape index (κ1) is 25.5. The maximum absolute atomic E-state index is 12.9. The number of rotatable bonds is 8. The number of carboxylic acid groups (broad SMARTS) is 1. The molecule has 0 saturated carbocycles. The van der Waals surface area contributed by atoms with Crippen LogP contribution < -0.4 is 9.47 Å². The highest BCUT2D eigenvalue weighted by molar-refractivity contribution is 9.10. The summed E-state index contributed by atoms with van der Waals surface area (Å²) in [6, 6.07) is 19.8. The maximum Gasteiger partial charge on any atom is 0.335 e. The van der Waals surface area contributed by atoms with Gasteiger partial charge >= 0.3 is 5.97 Å². The zero-order valence-corrected chi connectivity index (χ0v) is 22.0. The van der Waals surface area contributed by atoms with E-state index in [1.807, 2.05) is 49.4 Å². The number of amides is 1. The summed E-state index contributed by atoms with van der Waals surface area (Å²) in [6.45, 7) is 2.76. The number of benzene rings is 3. The van der Waals surface area contributed by atoms with Crippen molar-refractivity contribution in [2.45, 2.75) is 13.5 Å². The number of carboxylic acids is 1. The van der Waals surface area contributed by atoms with Gasteiger partial charge in [-0.15, -0.1) is 0 Å². The molecular weight excluding hydrogens is 544 g/mol. The molecule has 0 atom stereocenters. The average molecular weight is 567 g/mol. The molecule has 0 unspecified atom stereocenters. The van der Waals surface area contributed by atoms with E-state index in [2.05, 4.69) is 20.9 Å². The minimum atomic E-state index is -1.00. The largest absolute Gasteiger partial charge is 0.490 e. The molecule has 9 heteroatoms. The zero-order valence-electron chi connectivity index (χ0n) is 19.6. The van der Waals surface area contributed by atoms with Gasteiger partial charge in [0.05, 0.1) is 27.2 Å². The number of ether oxygens (including phenoxy) is 2. The van der Waals surface area contributed by atoms with Gasteiger partial charge in [-0.2, -0.15) is 0 Å². The lowest BCUT2D eigenvalue weighted by Crippen LogP contribution is -2.23. The van der Waals surface area contributed by atoms with E-state index in [1.165, 1.54) is 28.8 Å². The fourth-order valence-corrected chi connectivity index (χ4v) is 4.96. The van der Waals surface area contributed by atoms with Crippen molar-refractivity contribution in [3.8, 4) is 11.5 Å². The third kappa shape index (κ3) is 5.98. The quantitative estimate of drug-likeness (QED) is 0.319. The molecule has 1 saturated heterocycles. The van der Waals surface area contributed by atoms with Gasteiger partial charge in [0.15, 0.2) is 16.7 Å². The maximum atomic E-state index is 12.9. The molecule has 0 radical (unpaired) electrons. The van der Waals surface area contributed by atoms with Gasteiger partial charge in [0.1, 0.15) is 6.61 Å². The average Bonchev–Trinajstić information content (AvgIpc) is 3.12. The van der Waals surface area contributed by atoms with Crippen LogP contribution in [-0.2, 0) is 11.4 Å². The Kier molecular flexibility index (Phi) is 8.12. The van der Waals surface area contributed by atoms with Crippen molar-refractivity contribution in [2.75, 3.05) is 13.7 Å². The van der Waals surface area contributed by atoms with Crippen LogP contribution in [0.25, 0.3) is 6.08 Å². The summed E-state index contributed by atoms with van der Waals surface area (Å²) in [7, 11) is 1.66. The Morgan fingerprint density at radius 3 is 2.50 bits per heavy atom. The molecule has 184 valence electrons. The lowest BCUT2D eigenvalue weighted by Gasteiger charge is -2.15. The number of amidine groups is 1. The first-order chi connectivity index (χ1) is 17.4. The molecule has 36 heavy (non-hydrogen) atoms. The van der Waals surface area contributed by atoms with Crippen LogP contribution in [0.2, 0.25) is 0 Å². The normalized spacial score (nSPS) is 15.5. The van der Waals surface area contributed by atoms with Crippen molar-refractivity contribution in [3.05, 3.63) is 92.8 Å². The number of aliphatic imine (C=N–C) groups is 1. The van der Waals surface area contributed by atoms with Crippen molar-refractivity contribution in [1.82, 2.24) is 4.90 Å². The summed E-state index contributed by atoms with van der Waals surface area (Å²) in [5, 5.41) is 9.56. The minimum absolute atomic E-state index is 0.176. The number of thioether (sulfide) groups is 1. The standard InChI is InChI=1S/C27H23BrN2O5S/c1-3-34-22-14-18(13-21(28)24(22)35-16-17-7-5-4-6-8-17)15-23-25(31)30(2)27(36-23)29-20-11-9-19(10-12-20)26(32)33/h4-15H,3,16H2,1-2H3,(H,32,33). The number of hydrogen-bond acceptors (Lipinski definition) is 6. The number of carbonyl (C=O) groups excluding carboxylic acids is 1. The van der Waals surface area contributed by atoms with Crippen LogP contribution in [0.5, 0.6) is 11.5 Å². The highest BCUT2D eigenvalue weighted by atomic mass is 79.9. The van der Waals surface area contributed by atoms with Crippen molar-refractivity contribution in [3.63, 3.8) is 0 Å². The van der Waals surface area contributed by atoms with Crippen LogP contribution in [0.15, 0.2) is 81.1 Å².